The molecule has 0 aliphatic carbocycles. The molecule has 2 aromatic carbocycles. The van der Waals surface area contributed by atoms with Gasteiger partial charge in [0.25, 0.3) is 11.8 Å². The number of rotatable bonds is 4. The summed E-state index contributed by atoms with van der Waals surface area (Å²) >= 11 is 1.69. The van der Waals surface area contributed by atoms with Gasteiger partial charge in [0.05, 0.1) is 0 Å². The van der Waals surface area contributed by atoms with Crippen LogP contribution in [0.4, 0.5) is 0 Å². The second-order valence-corrected chi connectivity index (χ2v) is 7.92. The van der Waals surface area contributed by atoms with Crippen LogP contribution in [0.2, 0.25) is 0 Å². The van der Waals surface area contributed by atoms with Gasteiger partial charge in [-0.1, -0.05) is 36.4 Å². The number of nitrogens with zero attached hydrogens (tertiary/aromatic N) is 2. The molecular weight excluding hydrogens is 360 g/mol. The number of amides is 3. The lowest BCUT2D eigenvalue weighted by Crippen LogP contribution is -2.53. The van der Waals surface area contributed by atoms with Gasteiger partial charge in [0, 0.05) is 36.2 Å². The molecule has 0 spiro atoms. The Bertz CT molecular complexity index is 913. The normalized spacial score (nSPS) is 19.6. The molecular formula is C21H20N2O3S. The molecule has 4 rings (SSSR count). The lowest BCUT2D eigenvalue weighted by molar-refractivity contribution is -0.150. The minimum absolute atomic E-state index is 0.117. The van der Waals surface area contributed by atoms with Crippen molar-refractivity contribution in [2.45, 2.75) is 36.1 Å². The molecule has 27 heavy (non-hydrogen) atoms. The van der Waals surface area contributed by atoms with Crippen molar-refractivity contribution in [1.29, 1.82) is 0 Å². The fourth-order valence-corrected chi connectivity index (χ4v) is 4.46. The van der Waals surface area contributed by atoms with E-state index in [1.54, 1.807) is 16.7 Å². The standard InChI is InChI=1S/C21H20N2O3S/c1-22-19(24)10-9-18(21(22)26)23-12-15-7-8-16(11-17(15)20(23)25)27-13-14-5-3-2-4-6-14/h2-8,11,18H,9-10,12-13H2,1H3. The summed E-state index contributed by atoms with van der Waals surface area (Å²) in [5, 5.41) is 0. The van der Waals surface area contributed by atoms with Gasteiger partial charge in [0.2, 0.25) is 5.91 Å². The average Bonchev–Trinajstić information content (AvgIpc) is 3.01. The highest BCUT2D eigenvalue weighted by Crippen LogP contribution is 2.32. The van der Waals surface area contributed by atoms with Crippen LogP contribution in [0.3, 0.4) is 0 Å². The zero-order valence-corrected chi connectivity index (χ0v) is 15.9. The summed E-state index contributed by atoms with van der Waals surface area (Å²) in [6, 6.07) is 15.6. The molecule has 1 atom stereocenters. The second kappa shape index (κ2) is 7.19. The van der Waals surface area contributed by atoms with Crippen molar-refractivity contribution in [3.8, 4) is 0 Å². The van der Waals surface area contributed by atoms with Crippen molar-refractivity contribution in [3.63, 3.8) is 0 Å². The Morgan fingerprint density at radius 1 is 1.07 bits per heavy atom. The smallest absolute Gasteiger partial charge is 0.255 e. The van der Waals surface area contributed by atoms with Gasteiger partial charge < -0.3 is 4.90 Å². The molecule has 2 aromatic rings. The Morgan fingerprint density at radius 3 is 2.63 bits per heavy atom. The first kappa shape index (κ1) is 17.8. The zero-order valence-electron chi connectivity index (χ0n) is 15.1. The highest BCUT2D eigenvalue weighted by molar-refractivity contribution is 7.98. The van der Waals surface area contributed by atoms with Gasteiger partial charge in [-0.25, -0.2) is 0 Å². The molecule has 2 heterocycles. The van der Waals surface area contributed by atoms with Gasteiger partial charge in [-0.2, -0.15) is 0 Å². The van der Waals surface area contributed by atoms with Crippen molar-refractivity contribution in [2.24, 2.45) is 0 Å². The van der Waals surface area contributed by atoms with Crippen molar-refractivity contribution in [1.82, 2.24) is 9.80 Å². The van der Waals surface area contributed by atoms with E-state index >= 15 is 0 Å². The van der Waals surface area contributed by atoms with E-state index in [2.05, 4.69) is 12.1 Å². The molecule has 1 saturated heterocycles. The quantitative estimate of drug-likeness (QED) is 0.604. The van der Waals surface area contributed by atoms with Crippen molar-refractivity contribution >= 4 is 29.5 Å². The van der Waals surface area contributed by atoms with Crippen LogP contribution in [0.5, 0.6) is 0 Å². The largest absolute Gasteiger partial charge is 0.322 e. The van der Waals surface area contributed by atoms with E-state index in [0.717, 1.165) is 21.1 Å². The average molecular weight is 380 g/mol. The van der Waals surface area contributed by atoms with E-state index in [1.165, 1.54) is 12.6 Å². The van der Waals surface area contributed by atoms with Gasteiger partial charge in [0.15, 0.2) is 0 Å². The first-order valence-electron chi connectivity index (χ1n) is 8.95. The fourth-order valence-electron chi connectivity index (χ4n) is 3.57. The van der Waals surface area contributed by atoms with Crippen LogP contribution in [0.15, 0.2) is 53.4 Å². The van der Waals surface area contributed by atoms with E-state index in [0.29, 0.717) is 24.9 Å². The zero-order chi connectivity index (χ0) is 19.0. The number of imide groups is 1. The third-order valence-corrected chi connectivity index (χ3v) is 6.22. The summed E-state index contributed by atoms with van der Waals surface area (Å²) in [5.41, 5.74) is 2.84. The lowest BCUT2D eigenvalue weighted by atomic mass is 10.0. The Labute approximate surface area is 162 Å². The highest BCUT2D eigenvalue weighted by Gasteiger charge is 2.41. The van der Waals surface area contributed by atoms with Crippen LogP contribution in [-0.2, 0) is 21.9 Å². The number of hydrogen-bond donors (Lipinski definition) is 0. The molecule has 0 bridgehead atoms. The molecule has 5 nitrogen and oxygen atoms in total. The monoisotopic (exact) mass is 380 g/mol. The molecule has 0 aromatic heterocycles. The second-order valence-electron chi connectivity index (χ2n) is 6.87. The maximum atomic E-state index is 12.9. The highest BCUT2D eigenvalue weighted by atomic mass is 32.2. The number of carbonyl (C=O) groups excluding carboxylic acids is 3. The number of likely N-dealkylation sites (N-methyl/N-ethyl adjacent to an activating group) is 1. The SMILES string of the molecule is CN1C(=O)CCC(N2Cc3ccc(SCc4ccccc4)cc3C2=O)C1=O. The number of fused-ring (bicyclic) bond motifs is 1. The third-order valence-electron chi connectivity index (χ3n) is 5.16. The van der Waals surface area contributed by atoms with Gasteiger partial charge >= 0.3 is 0 Å². The van der Waals surface area contributed by atoms with Crippen molar-refractivity contribution in [2.75, 3.05) is 7.05 Å². The number of benzene rings is 2. The first-order valence-corrected chi connectivity index (χ1v) is 9.94. The predicted octanol–water partition coefficient (Wildman–Crippen LogP) is 3.08. The molecule has 1 unspecified atom stereocenters. The van der Waals surface area contributed by atoms with E-state index < -0.39 is 6.04 Å². The van der Waals surface area contributed by atoms with E-state index in [-0.39, 0.29) is 17.7 Å². The molecule has 0 N–H and O–H groups in total. The van der Waals surface area contributed by atoms with Crippen LogP contribution >= 0.6 is 11.8 Å². The van der Waals surface area contributed by atoms with Crippen LogP contribution in [0.1, 0.15) is 34.3 Å². The summed E-state index contributed by atoms with van der Waals surface area (Å²) in [7, 11) is 1.49. The topological polar surface area (TPSA) is 57.7 Å². The van der Waals surface area contributed by atoms with Gasteiger partial charge in [-0.05, 0) is 29.7 Å². The lowest BCUT2D eigenvalue weighted by Gasteiger charge is -2.33. The summed E-state index contributed by atoms with van der Waals surface area (Å²) in [4.78, 5) is 40.9. The number of piperidine rings is 1. The van der Waals surface area contributed by atoms with Crippen LogP contribution in [-0.4, -0.2) is 40.6 Å². The Kier molecular flexibility index (Phi) is 4.74. The van der Waals surface area contributed by atoms with E-state index in [1.807, 2.05) is 36.4 Å². The summed E-state index contributed by atoms with van der Waals surface area (Å²) in [5.74, 6) is 0.255. The predicted molar refractivity (Wildman–Crippen MR) is 103 cm³/mol. The summed E-state index contributed by atoms with van der Waals surface area (Å²) in [6.07, 6.45) is 0.697. The van der Waals surface area contributed by atoms with E-state index in [9.17, 15) is 14.4 Å². The van der Waals surface area contributed by atoms with Crippen LogP contribution in [0, 0.1) is 0 Å². The minimum atomic E-state index is -0.548. The maximum Gasteiger partial charge on any atom is 0.255 e. The Balaban J connectivity index is 1.49. The van der Waals surface area contributed by atoms with Gasteiger partial charge in [-0.15, -0.1) is 11.8 Å². The molecule has 3 amide bonds. The summed E-state index contributed by atoms with van der Waals surface area (Å²) in [6.45, 7) is 0.427. The molecule has 0 saturated carbocycles. The van der Waals surface area contributed by atoms with Crippen molar-refractivity contribution in [3.05, 3.63) is 65.2 Å². The summed E-state index contributed by atoms with van der Waals surface area (Å²) < 4.78 is 0. The van der Waals surface area contributed by atoms with Crippen LogP contribution in [0.25, 0.3) is 0 Å². The molecule has 0 radical (unpaired) electrons. The molecule has 6 heteroatoms. The Hall–Kier alpha value is -2.60. The number of hydrogen-bond acceptors (Lipinski definition) is 4. The van der Waals surface area contributed by atoms with Crippen molar-refractivity contribution < 1.29 is 14.4 Å². The van der Waals surface area contributed by atoms with Gasteiger partial charge in [0.1, 0.15) is 6.04 Å². The maximum absolute atomic E-state index is 12.9. The third kappa shape index (κ3) is 3.37. The molecule has 2 aliphatic heterocycles. The Morgan fingerprint density at radius 2 is 1.85 bits per heavy atom. The molecule has 2 aliphatic rings. The number of likely N-dealkylation sites (tertiary alicyclic amines) is 1. The number of carbonyl (C=O) groups is 3. The minimum Gasteiger partial charge on any atom is -0.322 e. The first-order chi connectivity index (χ1) is 13.0. The molecule has 1 fully saturated rings. The van der Waals surface area contributed by atoms with Crippen LogP contribution < -0.4 is 0 Å². The fraction of sp³-hybridized carbons (Fsp3) is 0.286. The van der Waals surface area contributed by atoms with Gasteiger partial charge in [-0.3, -0.25) is 19.3 Å². The van der Waals surface area contributed by atoms with E-state index in [4.69, 9.17) is 0 Å². The molecule has 138 valence electrons. The number of thioether (sulfide) groups is 1.